The molecule has 1 amide bonds. The highest BCUT2D eigenvalue weighted by Gasteiger charge is 2.35. The Kier molecular flexibility index (Phi) is 4.48. The van der Waals surface area contributed by atoms with Gasteiger partial charge in [-0.25, -0.2) is 0 Å². The first-order valence-corrected chi connectivity index (χ1v) is 8.74. The third-order valence-corrected chi connectivity index (χ3v) is 4.73. The number of carbonyl (C=O) groups excluding carboxylic acids is 1. The molecule has 0 spiro atoms. The van der Waals surface area contributed by atoms with E-state index >= 15 is 0 Å². The third-order valence-electron chi connectivity index (χ3n) is 4.73. The predicted octanol–water partition coefficient (Wildman–Crippen LogP) is 4.37. The molecule has 1 aliphatic rings. The quantitative estimate of drug-likeness (QED) is 0.823. The van der Waals surface area contributed by atoms with E-state index in [0.717, 1.165) is 25.7 Å². The number of para-hydroxylation sites is 1. The molecule has 1 heterocycles. The summed E-state index contributed by atoms with van der Waals surface area (Å²) in [5, 5.41) is 0.508. The minimum atomic E-state index is -0.316. The van der Waals surface area contributed by atoms with Gasteiger partial charge in [0.2, 0.25) is 0 Å². The molecule has 4 nitrogen and oxygen atoms in total. The van der Waals surface area contributed by atoms with Crippen molar-refractivity contribution in [2.24, 2.45) is 0 Å². The van der Waals surface area contributed by atoms with E-state index in [2.05, 4.69) is 0 Å². The smallest absolute Gasteiger partial charge is 0.290 e. The molecular weight excluding hydrogens is 302 g/mol. The van der Waals surface area contributed by atoms with Crippen LogP contribution in [0.15, 0.2) is 39.5 Å². The van der Waals surface area contributed by atoms with Gasteiger partial charge in [0.1, 0.15) is 5.58 Å². The number of hydrogen-bond acceptors (Lipinski definition) is 3. The number of hydrogen-bond donors (Lipinski definition) is 0. The molecule has 128 valence electrons. The largest absolute Gasteiger partial charge is 0.451 e. The average molecular weight is 327 g/mol. The highest BCUT2D eigenvalue weighted by molar-refractivity contribution is 5.93. The molecule has 0 N–H and O–H groups in total. The molecule has 0 saturated heterocycles. The van der Waals surface area contributed by atoms with Crippen LogP contribution in [0.2, 0.25) is 0 Å². The summed E-state index contributed by atoms with van der Waals surface area (Å²) in [5.41, 5.74) is -0.0212. The first kappa shape index (κ1) is 16.7. The maximum atomic E-state index is 13.2. The molecule has 0 radical (unpaired) electrons. The van der Waals surface area contributed by atoms with Crippen molar-refractivity contribution in [3.8, 4) is 0 Å². The molecular formula is C20H25NO3. The van der Waals surface area contributed by atoms with Gasteiger partial charge in [0.25, 0.3) is 5.91 Å². The Morgan fingerprint density at radius 1 is 1.12 bits per heavy atom. The highest BCUT2D eigenvalue weighted by Crippen LogP contribution is 2.30. The fourth-order valence-electron chi connectivity index (χ4n) is 3.69. The first-order valence-electron chi connectivity index (χ1n) is 8.74. The minimum Gasteiger partial charge on any atom is -0.451 e. The summed E-state index contributed by atoms with van der Waals surface area (Å²) in [5.74, 6) is -0.0450. The van der Waals surface area contributed by atoms with Gasteiger partial charge in [-0.3, -0.25) is 9.59 Å². The van der Waals surface area contributed by atoms with Crippen molar-refractivity contribution in [2.75, 3.05) is 0 Å². The van der Waals surface area contributed by atoms with Crippen LogP contribution in [0.3, 0.4) is 0 Å². The summed E-state index contributed by atoms with van der Waals surface area (Å²) in [6, 6.07) is 8.61. The van der Waals surface area contributed by atoms with Gasteiger partial charge in [-0.15, -0.1) is 0 Å². The molecule has 0 bridgehead atoms. The second kappa shape index (κ2) is 6.42. The molecule has 1 aromatic heterocycles. The molecule has 3 rings (SSSR count). The number of carbonyl (C=O) groups is 1. The van der Waals surface area contributed by atoms with Gasteiger partial charge in [-0.2, -0.15) is 0 Å². The summed E-state index contributed by atoms with van der Waals surface area (Å²) in [6.07, 6.45) is 5.55. The zero-order valence-electron chi connectivity index (χ0n) is 14.7. The summed E-state index contributed by atoms with van der Waals surface area (Å²) in [6.45, 7) is 6.12. The van der Waals surface area contributed by atoms with Crippen molar-refractivity contribution in [1.29, 1.82) is 0 Å². The summed E-state index contributed by atoms with van der Waals surface area (Å²) in [4.78, 5) is 27.4. The number of benzene rings is 1. The van der Waals surface area contributed by atoms with Crippen LogP contribution < -0.4 is 5.43 Å². The van der Waals surface area contributed by atoms with Gasteiger partial charge in [0.15, 0.2) is 11.2 Å². The monoisotopic (exact) mass is 327 g/mol. The fraction of sp³-hybridized carbons (Fsp3) is 0.500. The lowest BCUT2D eigenvalue weighted by atomic mass is 9.90. The number of rotatable bonds is 2. The van der Waals surface area contributed by atoms with Crippen LogP contribution in [0.25, 0.3) is 11.0 Å². The fourth-order valence-corrected chi connectivity index (χ4v) is 3.69. The minimum absolute atomic E-state index is 0.138. The molecule has 1 aliphatic carbocycles. The number of amides is 1. The Labute approximate surface area is 142 Å². The van der Waals surface area contributed by atoms with Crippen molar-refractivity contribution in [2.45, 2.75) is 64.5 Å². The molecule has 1 fully saturated rings. The molecule has 0 atom stereocenters. The zero-order valence-corrected chi connectivity index (χ0v) is 14.7. The van der Waals surface area contributed by atoms with Crippen molar-refractivity contribution >= 4 is 16.9 Å². The van der Waals surface area contributed by atoms with Crippen LogP contribution >= 0.6 is 0 Å². The standard InChI is InChI=1S/C20H25NO3/c1-20(2,3)21(14-9-5-4-6-10-14)19(23)18-13-16(22)15-11-7-8-12-17(15)24-18/h7-8,11-14H,4-6,9-10H2,1-3H3. The third kappa shape index (κ3) is 3.23. The highest BCUT2D eigenvalue weighted by atomic mass is 16.3. The lowest BCUT2D eigenvalue weighted by Crippen LogP contribution is -2.52. The van der Waals surface area contributed by atoms with E-state index in [1.54, 1.807) is 18.2 Å². The number of fused-ring (bicyclic) bond motifs is 1. The number of nitrogens with zero attached hydrogens (tertiary/aromatic N) is 1. The summed E-state index contributed by atoms with van der Waals surface area (Å²) in [7, 11) is 0. The molecule has 1 aromatic carbocycles. The summed E-state index contributed by atoms with van der Waals surface area (Å²) >= 11 is 0. The van der Waals surface area contributed by atoms with Crippen LogP contribution in [0, 0.1) is 0 Å². The Morgan fingerprint density at radius 3 is 2.46 bits per heavy atom. The van der Waals surface area contributed by atoms with E-state index in [1.807, 2.05) is 31.7 Å². The lowest BCUT2D eigenvalue weighted by Gasteiger charge is -2.43. The van der Waals surface area contributed by atoms with Crippen molar-refractivity contribution in [1.82, 2.24) is 4.90 Å². The predicted molar refractivity (Wildman–Crippen MR) is 95.3 cm³/mol. The van der Waals surface area contributed by atoms with Gasteiger partial charge < -0.3 is 9.32 Å². The molecule has 1 saturated carbocycles. The lowest BCUT2D eigenvalue weighted by molar-refractivity contribution is 0.0336. The van der Waals surface area contributed by atoms with Crippen LogP contribution in [0.1, 0.15) is 63.4 Å². The second-order valence-electron chi connectivity index (χ2n) is 7.61. The van der Waals surface area contributed by atoms with E-state index in [9.17, 15) is 9.59 Å². The molecule has 0 aliphatic heterocycles. The SMILES string of the molecule is CC(C)(C)N(C(=O)c1cc(=O)c2ccccc2o1)C1CCCCC1. The Morgan fingerprint density at radius 2 is 1.79 bits per heavy atom. The van der Waals surface area contributed by atoms with Crippen LogP contribution in [-0.2, 0) is 0 Å². The Balaban J connectivity index is 2.02. The summed E-state index contributed by atoms with van der Waals surface area (Å²) < 4.78 is 5.78. The average Bonchev–Trinajstić information content (AvgIpc) is 2.54. The zero-order chi connectivity index (χ0) is 17.3. The van der Waals surface area contributed by atoms with E-state index in [-0.39, 0.29) is 28.7 Å². The molecule has 0 unspecified atom stereocenters. The van der Waals surface area contributed by atoms with Gasteiger partial charge in [-0.05, 0) is 45.7 Å². The Hall–Kier alpha value is -2.10. The van der Waals surface area contributed by atoms with Gasteiger partial charge >= 0.3 is 0 Å². The molecule has 2 aromatic rings. The Bertz CT molecular complexity index is 794. The maximum absolute atomic E-state index is 13.2. The molecule has 4 heteroatoms. The van der Waals surface area contributed by atoms with Gasteiger partial charge in [0.05, 0.1) is 5.39 Å². The van der Waals surface area contributed by atoms with E-state index in [1.165, 1.54) is 12.5 Å². The van der Waals surface area contributed by atoms with E-state index < -0.39 is 0 Å². The van der Waals surface area contributed by atoms with Gasteiger partial charge in [0, 0.05) is 17.6 Å². The van der Waals surface area contributed by atoms with Crippen LogP contribution in [0.4, 0.5) is 0 Å². The normalized spacial score (nSPS) is 16.3. The van der Waals surface area contributed by atoms with Crippen LogP contribution in [0.5, 0.6) is 0 Å². The first-order chi connectivity index (χ1) is 11.4. The van der Waals surface area contributed by atoms with Crippen molar-refractivity contribution < 1.29 is 9.21 Å². The second-order valence-corrected chi connectivity index (χ2v) is 7.61. The van der Waals surface area contributed by atoms with Crippen molar-refractivity contribution in [3.05, 3.63) is 46.3 Å². The molecule has 24 heavy (non-hydrogen) atoms. The van der Waals surface area contributed by atoms with E-state index in [4.69, 9.17) is 4.42 Å². The maximum Gasteiger partial charge on any atom is 0.290 e. The topological polar surface area (TPSA) is 50.5 Å². The van der Waals surface area contributed by atoms with Crippen LogP contribution in [-0.4, -0.2) is 22.4 Å². The van der Waals surface area contributed by atoms with Crippen molar-refractivity contribution in [3.63, 3.8) is 0 Å². The van der Waals surface area contributed by atoms with Gasteiger partial charge in [-0.1, -0.05) is 31.4 Å². The van der Waals surface area contributed by atoms with E-state index in [0.29, 0.717) is 11.0 Å².